The summed E-state index contributed by atoms with van der Waals surface area (Å²) in [4.78, 5) is 0. The molecule has 73 heavy (non-hydrogen) atoms. The van der Waals surface area contributed by atoms with Crippen molar-refractivity contribution in [3.63, 3.8) is 0 Å². The lowest BCUT2D eigenvalue weighted by atomic mass is 9.62. The van der Waals surface area contributed by atoms with Gasteiger partial charge in [-0.15, -0.1) is 0 Å². The summed E-state index contributed by atoms with van der Waals surface area (Å²) in [5.74, 6) is 3.57. The van der Waals surface area contributed by atoms with Crippen molar-refractivity contribution < 1.29 is 0 Å². The van der Waals surface area contributed by atoms with E-state index >= 15 is 0 Å². The summed E-state index contributed by atoms with van der Waals surface area (Å²) in [5, 5.41) is 0. The third-order valence-electron chi connectivity index (χ3n) is 16.7. The molecule has 0 N–H and O–H groups in total. The fraction of sp³-hybridized carbons (Fsp3) is 0.370. The van der Waals surface area contributed by atoms with Gasteiger partial charge in [-0.05, 0) is 195 Å². The van der Waals surface area contributed by atoms with Gasteiger partial charge in [0.25, 0.3) is 0 Å². The Hall–Kier alpha value is -5.98. The summed E-state index contributed by atoms with van der Waals surface area (Å²) < 4.78 is 0. The van der Waals surface area contributed by atoms with E-state index in [-0.39, 0.29) is 11.8 Å². The van der Waals surface area contributed by atoms with E-state index in [9.17, 15) is 0 Å². The standard InChI is InChI=1S/C73H84/c1-43(2)51-25-52(44(3)4)30-59(29-51)63-37-64(60-31-53(45(5)6)26-54(32-60)46(7)8)40-67(39-63)73(71-23-19-17-21-69(71)70-22-18-20-24-72(70)73)68-41-65(61-33-55(47(9)10)27-56(34-61)48(11)12)38-66(42-68)62-35-57(49(13)14)28-58(36-62)50(15)16/h17-50,69,71H,1-16H3. The molecular formula is C73H84. The normalized spacial score (nSPS) is 16.1. The number of rotatable bonds is 14. The number of fused-ring (bicyclic) bond motifs is 3. The van der Waals surface area contributed by atoms with E-state index in [0.29, 0.717) is 47.3 Å². The highest BCUT2D eigenvalue weighted by Crippen LogP contribution is 2.61. The molecule has 0 bridgehead atoms. The molecule has 0 heterocycles. The maximum Gasteiger partial charge on any atom is 0.0526 e. The van der Waals surface area contributed by atoms with Gasteiger partial charge in [-0.3, -0.25) is 0 Å². The van der Waals surface area contributed by atoms with Crippen LogP contribution in [0.5, 0.6) is 0 Å². The first-order valence-corrected chi connectivity index (χ1v) is 28.1. The van der Waals surface area contributed by atoms with Crippen molar-refractivity contribution in [1.82, 2.24) is 0 Å². The first kappa shape index (κ1) is 51.9. The van der Waals surface area contributed by atoms with Crippen molar-refractivity contribution >= 4 is 0 Å². The van der Waals surface area contributed by atoms with Gasteiger partial charge < -0.3 is 0 Å². The Balaban J connectivity index is 1.47. The average molecular weight is 961 g/mol. The Morgan fingerprint density at radius 2 is 0.548 bits per heavy atom. The predicted molar refractivity (Wildman–Crippen MR) is 318 cm³/mol. The van der Waals surface area contributed by atoms with Gasteiger partial charge in [0.15, 0.2) is 0 Å². The Bertz CT molecular complexity index is 2760. The Morgan fingerprint density at radius 1 is 0.288 bits per heavy atom. The maximum absolute atomic E-state index is 2.62. The molecule has 0 radical (unpaired) electrons. The summed E-state index contributed by atoms with van der Waals surface area (Å²) >= 11 is 0. The van der Waals surface area contributed by atoms with Crippen LogP contribution in [0.25, 0.3) is 44.5 Å². The molecule has 2 aliphatic rings. The second kappa shape index (κ2) is 20.7. The molecule has 0 heteroatoms. The van der Waals surface area contributed by atoms with Gasteiger partial charge in [0.1, 0.15) is 0 Å². The molecule has 376 valence electrons. The minimum Gasteiger partial charge on any atom is -0.0789 e. The van der Waals surface area contributed by atoms with Crippen LogP contribution in [0, 0.1) is 5.92 Å². The first-order chi connectivity index (χ1) is 34.7. The van der Waals surface area contributed by atoms with Crippen LogP contribution in [-0.2, 0) is 5.41 Å². The summed E-state index contributed by atoms with van der Waals surface area (Å²) in [6, 6.07) is 54.7. The predicted octanol–water partition coefficient (Wildman–Crippen LogP) is 21.5. The van der Waals surface area contributed by atoms with E-state index < -0.39 is 5.41 Å². The highest BCUT2D eigenvalue weighted by Gasteiger charge is 2.53. The van der Waals surface area contributed by atoms with Crippen LogP contribution >= 0.6 is 0 Å². The van der Waals surface area contributed by atoms with Crippen LogP contribution in [0.4, 0.5) is 0 Å². The van der Waals surface area contributed by atoms with Crippen molar-refractivity contribution in [2.75, 3.05) is 0 Å². The van der Waals surface area contributed by atoms with Crippen LogP contribution in [-0.4, -0.2) is 0 Å². The van der Waals surface area contributed by atoms with Gasteiger partial charge in [0, 0.05) is 11.8 Å². The molecule has 2 aliphatic carbocycles. The lowest BCUT2D eigenvalue weighted by Gasteiger charge is -2.40. The molecule has 0 saturated heterocycles. The molecule has 0 nitrogen and oxygen atoms in total. The topological polar surface area (TPSA) is 0 Å². The number of hydrogen-bond acceptors (Lipinski definition) is 0. The SMILES string of the molecule is CC(C)c1cc(-c2cc(-c3cc(C(C)C)cc(C(C)C)c3)cc(C3(c4cc(-c5cc(C(C)C)cc(C(C)C)c5)cc(-c5cc(C(C)C)cc(C(C)C)c5)c4)c4ccccc4C4C=CC=CC43)c2)cc(C(C)C)c1. The van der Waals surface area contributed by atoms with Crippen molar-refractivity contribution in [2.45, 2.75) is 169 Å². The Morgan fingerprint density at radius 3 is 0.836 bits per heavy atom. The average Bonchev–Trinajstić information content (AvgIpc) is 3.68. The maximum atomic E-state index is 2.62. The zero-order chi connectivity index (χ0) is 52.2. The van der Waals surface area contributed by atoms with Crippen LogP contribution < -0.4 is 0 Å². The smallest absolute Gasteiger partial charge is 0.0526 e. The molecule has 0 spiro atoms. The molecule has 0 aromatic heterocycles. The second-order valence-corrected chi connectivity index (χ2v) is 24.6. The molecule has 7 aromatic rings. The van der Waals surface area contributed by atoms with Gasteiger partial charge >= 0.3 is 0 Å². The summed E-state index contributed by atoms with van der Waals surface area (Å²) in [6.07, 6.45) is 9.68. The number of allylic oxidation sites excluding steroid dienone is 4. The molecule has 0 amide bonds. The third kappa shape index (κ3) is 10.1. The molecule has 2 atom stereocenters. The second-order valence-electron chi connectivity index (χ2n) is 24.6. The molecule has 2 unspecified atom stereocenters. The summed E-state index contributed by atoms with van der Waals surface area (Å²) in [7, 11) is 0. The van der Waals surface area contributed by atoms with Gasteiger partial charge in [-0.25, -0.2) is 0 Å². The van der Waals surface area contributed by atoms with Crippen LogP contribution in [0.2, 0.25) is 0 Å². The Kier molecular flexibility index (Phi) is 14.7. The van der Waals surface area contributed by atoms with Gasteiger partial charge in [-0.1, -0.05) is 232 Å². The molecule has 0 saturated carbocycles. The largest absolute Gasteiger partial charge is 0.0789 e. The fourth-order valence-electron chi connectivity index (χ4n) is 11.9. The van der Waals surface area contributed by atoms with E-state index in [1.165, 1.54) is 111 Å². The zero-order valence-corrected chi connectivity index (χ0v) is 47.3. The van der Waals surface area contributed by atoms with Crippen molar-refractivity contribution in [1.29, 1.82) is 0 Å². The van der Waals surface area contributed by atoms with Crippen molar-refractivity contribution in [3.8, 4) is 44.5 Å². The van der Waals surface area contributed by atoms with Crippen LogP contribution in [0.15, 0.2) is 158 Å². The minimum absolute atomic E-state index is 0.129. The fourth-order valence-corrected chi connectivity index (χ4v) is 11.9. The number of hydrogen-bond donors (Lipinski definition) is 0. The van der Waals surface area contributed by atoms with E-state index in [1.807, 2.05) is 0 Å². The summed E-state index contributed by atoms with van der Waals surface area (Å²) in [6.45, 7) is 37.5. The van der Waals surface area contributed by atoms with Gasteiger partial charge in [-0.2, -0.15) is 0 Å². The van der Waals surface area contributed by atoms with Crippen molar-refractivity contribution in [3.05, 3.63) is 225 Å². The van der Waals surface area contributed by atoms with E-state index in [1.54, 1.807) is 0 Å². The molecule has 9 rings (SSSR count). The van der Waals surface area contributed by atoms with E-state index in [0.717, 1.165) is 0 Å². The monoisotopic (exact) mass is 961 g/mol. The molecule has 0 fully saturated rings. The highest BCUT2D eigenvalue weighted by molar-refractivity contribution is 5.82. The third-order valence-corrected chi connectivity index (χ3v) is 16.7. The quantitative estimate of drug-likeness (QED) is 0.102. The highest BCUT2D eigenvalue weighted by atomic mass is 14.5. The van der Waals surface area contributed by atoms with Crippen LogP contribution in [0.1, 0.15) is 231 Å². The first-order valence-electron chi connectivity index (χ1n) is 28.1. The molecule has 0 aliphatic heterocycles. The van der Waals surface area contributed by atoms with Gasteiger partial charge in [0.05, 0.1) is 5.41 Å². The number of benzene rings is 7. The lowest BCUT2D eigenvalue weighted by molar-refractivity contribution is 0.457. The van der Waals surface area contributed by atoms with Gasteiger partial charge in [0.2, 0.25) is 0 Å². The van der Waals surface area contributed by atoms with Crippen molar-refractivity contribution in [2.24, 2.45) is 5.92 Å². The molecule has 7 aromatic carbocycles. The van der Waals surface area contributed by atoms with E-state index in [4.69, 9.17) is 0 Å². The van der Waals surface area contributed by atoms with E-state index in [2.05, 4.69) is 269 Å². The molecular weight excluding hydrogens is 877 g/mol. The minimum atomic E-state index is -0.557. The summed E-state index contributed by atoms with van der Waals surface area (Å²) in [5.41, 5.74) is 26.4. The lowest BCUT2D eigenvalue weighted by Crippen LogP contribution is -2.35. The zero-order valence-electron chi connectivity index (χ0n) is 47.3. The Labute approximate surface area is 442 Å². The van der Waals surface area contributed by atoms with Crippen LogP contribution in [0.3, 0.4) is 0 Å².